The molecular formula is C26H24N4O4S. The standard InChI is InChI=1S/C26H24N4O4S/c1-17-3-7-19(8-4-17)28-24(32)15-23-25(33)30(20-9-11-21(31)12-10-20)26(35-23)29-27-16-18-5-13-22(34-2)14-6-18/h3-14,16,23,31H,15H2,1-2H3,(H,28,32)/b27-16+,29-26+. The third-order valence-electron chi connectivity index (χ3n) is 5.21. The maximum absolute atomic E-state index is 13.3. The quantitative estimate of drug-likeness (QED) is 0.374. The summed E-state index contributed by atoms with van der Waals surface area (Å²) in [6.45, 7) is 1.97. The van der Waals surface area contributed by atoms with Crippen LogP contribution in [0.2, 0.25) is 0 Å². The number of carbonyl (C=O) groups is 2. The number of amides is 2. The van der Waals surface area contributed by atoms with E-state index in [9.17, 15) is 14.7 Å². The molecule has 0 radical (unpaired) electrons. The summed E-state index contributed by atoms with van der Waals surface area (Å²) in [5.74, 6) is 0.264. The lowest BCUT2D eigenvalue weighted by Gasteiger charge is -2.16. The first-order valence-electron chi connectivity index (χ1n) is 10.8. The molecule has 0 saturated carbocycles. The second-order valence-electron chi connectivity index (χ2n) is 7.82. The van der Waals surface area contributed by atoms with Gasteiger partial charge in [-0.1, -0.05) is 29.5 Å². The van der Waals surface area contributed by atoms with E-state index in [-0.39, 0.29) is 24.0 Å². The molecule has 3 aromatic carbocycles. The molecule has 1 heterocycles. The van der Waals surface area contributed by atoms with Crippen molar-refractivity contribution in [2.24, 2.45) is 10.2 Å². The van der Waals surface area contributed by atoms with Gasteiger partial charge in [0, 0.05) is 12.1 Å². The number of nitrogens with one attached hydrogen (secondary N) is 1. The number of hydrogen-bond donors (Lipinski definition) is 2. The van der Waals surface area contributed by atoms with Gasteiger partial charge in [0.15, 0.2) is 5.17 Å². The number of ether oxygens (including phenoxy) is 1. The van der Waals surface area contributed by atoms with Crippen molar-refractivity contribution in [3.63, 3.8) is 0 Å². The highest BCUT2D eigenvalue weighted by atomic mass is 32.2. The number of rotatable bonds is 7. The third kappa shape index (κ3) is 6.07. The van der Waals surface area contributed by atoms with Crippen LogP contribution in [0.4, 0.5) is 11.4 Å². The molecule has 35 heavy (non-hydrogen) atoms. The van der Waals surface area contributed by atoms with E-state index in [1.54, 1.807) is 25.5 Å². The first-order chi connectivity index (χ1) is 16.9. The number of thioether (sulfide) groups is 1. The summed E-state index contributed by atoms with van der Waals surface area (Å²) >= 11 is 1.18. The Bertz CT molecular complexity index is 1260. The van der Waals surface area contributed by atoms with Crippen LogP contribution >= 0.6 is 11.8 Å². The van der Waals surface area contributed by atoms with Crippen LogP contribution in [-0.2, 0) is 9.59 Å². The van der Waals surface area contributed by atoms with E-state index in [4.69, 9.17) is 4.74 Å². The van der Waals surface area contributed by atoms with Crippen LogP contribution in [-0.4, -0.2) is 40.7 Å². The zero-order chi connectivity index (χ0) is 24.8. The van der Waals surface area contributed by atoms with Crippen LogP contribution in [0, 0.1) is 6.92 Å². The molecule has 0 spiro atoms. The first-order valence-corrected chi connectivity index (χ1v) is 11.7. The van der Waals surface area contributed by atoms with Gasteiger partial charge in [0.25, 0.3) is 0 Å². The number of hydrogen-bond acceptors (Lipinski definition) is 7. The molecule has 3 aromatic rings. The number of carbonyl (C=O) groups excluding carboxylic acids is 2. The molecule has 1 aliphatic rings. The van der Waals surface area contributed by atoms with Crippen LogP contribution in [0.25, 0.3) is 0 Å². The van der Waals surface area contributed by atoms with Crippen molar-refractivity contribution in [1.29, 1.82) is 0 Å². The molecule has 1 unspecified atom stereocenters. The van der Waals surface area contributed by atoms with E-state index in [0.29, 0.717) is 16.5 Å². The van der Waals surface area contributed by atoms with Crippen LogP contribution in [0.5, 0.6) is 11.5 Å². The van der Waals surface area contributed by atoms with Gasteiger partial charge >= 0.3 is 0 Å². The molecular weight excluding hydrogens is 464 g/mol. The van der Waals surface area contributed by atoms with E-state index in [0.717, 1.165) is 16.9 Å². The molecule has 1 atom stereocenters. The average Bonchev–Trinajstić information content (AvgIpc) is 3.16. The van der Waals surface area contributed by atoms with E-state index < -0.39 is 5.25 Å². The monoisotopic (exact) mass is 488 g/mol. The van der Waals surface area contributed by atoms with Gasteiger partial charge in [0.1, 0.15) is 16.7 Å². The number of amidine groups is 1. The van der Waals surface area contributed by atoms with Gasteiger partial charge in [-0.05, 0) is 73.2 Å². The molecule has 8 nitrogen and oxygen atoms in total. The lowest BCUT2D eigenvalue weighted by molar-refractivity contribution is -0.121. The minimum Gasteiger partial charge on any atom is -0.508 e. The predicted octanol–water partition coefficient (Wildman–Crippen LogP) is 4.58. The summed E-state index contributed by atoms with van der Waals surface area (Å²) in [5.41, 5.74) is 3.10. The highest BCUT2D eigenvalue weighted by Crippen LogP contribution is 2.34. The maximum atomic E-state index is 13.3. The van der Waals surface area contributed by atoms with E-state index in [2.05, 4.69) is 15.5 Å². The Morgan fingerprint density at radius 1 is 1.09 bits per heavy atom. The van der Waals surface area contributed by atoms with Crippen LogP contribution in [0.15, 0.2) is 83.0 Å². The van der Waals surface area contributed by atoms with Gasteiger partial charge in [-0.25, -0.2) is 0 Å². The maximum Gasteiger partial charge on any atom is 0.247 e. The number of methoxy groups -OCH3 is 1. The van der Waals surface area contributed by atoms with Gasteiger partial charge in [-0.2, -0.15) is 5.10 Å². The van der Waals surface area contributed by atoms with Crippen molar-refractivity contribution < 1.29 is 19.4 Å². The van der Waals surface area contributed by atoms with Crippen molar-refractivity contribution in [3.8, 4) is 11.5 Å². The van der Waals surface area contributed by atoms with E-state index in [1.165, 1.54) is 28.8 Å². The number of benzene rings is 3. The molecule has 1 saturated heterocycles. The number of phenols is 1. The number of nitrogens with zero attached hydrogens (tertiary/aromatic N) is 3. The summed E-state index contributed by atoms with van der Waals surface area (Å²) in [4.78, 5) is 27.3. The molecule has 178 valence electrons. The Balaban J connectivity index is 1.53. The molecule has 2 amide bonds. The SMILES string of the molecule is COc1ccc(/C=N/N=C2/SC(CC(=O)Nc3ccc(C)cc3)C(=O)N2c2ccc(O)cc2)cc1. The molecule has 0 bridgehead atoms. The van der Waals surface area contributed by atoms with Gasteiger partial charge in [0.2, 0.25) is 11.8 Å². The largest absolute Gasteiger partial charge is 0.508 e. The summed E-state index contributed by atoms with van der Waals surface area (Å²) in [6, 6.07) is 21.0. The van der Waals surface area contributed by atoms with Crippen molar-refractivity contribution in [3.05, 3.63) is 83.9 Å². The van der Waals surface area contributed by atoms with Gasteiger partial charge in [0.05, 0.1) is 19.0 Å². The van der Waals surface area contributed by atoms with Gasteiger partial charge in [-0.15, -0.1) is 5.10 Å². The molecule has 1 fully saturated rings. The normalized spacial score (nSPS) is 16.7. The minimum absolute atomic E-state index is 0.0207. The lowest BCUT2D eigenvalue weighted by Crippen LogP contribution is -2.33. The highest BCUT2D eigenvalue weighted by molar-refractivity contribution is 8.16. The number of anilines is 2. The summed E-state index contributed by atoms with van der Waals surface area (Å²) < 4.78 is 5.15. The van der Waals surface area contributed by atoms with Gasteiger partial charge < -0.3 is 15.2 Å². The molecule has 2 N–H and O–H groups in total. The topological polar surface area (TPSA) is 104 Å². The molecule has 1 aliphatic heterocycles. The number of aryl methyl sites for hydroxylation is 1. The summed E-state index contributed by atoms with van der Waals surface area (Å²) in [5, 5.41) is 20.6. The van der Waals surface area contributed by atoms with Crippen molar-refractivity contribution in [2.45, 2.75) is 18.6 Å². The van der Waals surface area contributed by atoms with Crippen molar-refractivity contribution in [1.82, 2.24) is 0 Å². The Kier molecular flexibility index (Phi) is 7.47. The van der Waals surface area contributed by atoms with Crippen LogP contribution < -0.4 is 15.0 Å². The first kappa shape index (κ1) is 24.0. The third-order valence-corrected chi connectivity index (χ3v) is 6.34. The Labute approximate surface area is 207 Å². The number of aromatic hydroxyl groups is 1. The zero-order valence-corrected chi connectivity index (χ0v) is 20.0. The molecule has 0 aliphatic carbocycles. The fraction of sp³-hybridized carbons (Fsp3) is 0.154. The fourth-order valence-electron chi connectivity index (χ4n) is 3.36. The Hall–Kier alpha value is -4.11. The Morgan fingerprint density at radius 3 is 2.43 bits per heavy atom. The lowest BCUT2D eigenvalue weighted by atomic mass is 10.2. The van der Waals surface area contributed by atoms with Crippen LogP contribution in [0.1, 0.15) is 17.5 Å². The predicted molar refractivity (Wildman–Crippen MR) is 139 cm³/mol. The summed E-state index contributed by atoms with van der Waals surface area (Å²) in [7, 11) is 1.60. The average molecular weight is 489 g/mol. The highest BCUT2D eigenvalue weighted by Gasteiger charge is 2.40. The summed E-state index contributed by atoms with van der Waals surface area (Å²) in [6.07, 6.45) is 1.55. The smallest absolute Gasteiger partial charge is 0.247 e. The van der Waals surface area contributed by atoms with Crippen LogP contribution in [0.3, 0.4) is 0 Å². The second kappa shape index (κ2) is 10.9. The molecule has 4 rings (SSSR count). The van der Waals surface area contributed by atoms with E-state index in [1.807, 2.05) is 55.5 Å². The van der Waals surface area contributed by atoms with Crippen molar-refractivity contribution >= 4 is 46.3 Å². The Morgan fingerprint density at radius 2 is 1.77 bits per heavy atom. The van der Waals surface area contributed by atoms with E-state index >= 15 is 0 Å². The number of phenolic OH excluding ortho intramolecular Hbond substituents is 1. The fourth-order valence-corrected chi connectivity index (χ4v) is 4.45. The van der Waals surface area contributed by atoms with Gasteiger partial charge in [-0.3, -0.25) is 14.5 Å². The molecule has 0 aromatic heterocycles. The second-order valence-corrected chi connectivity index (χ2v) is 8.99. The zero-order valence-electron chi connectivity index (χ0n) is 19.2. The molecule has 9 heteroatoms. The minimum atomic E-state index is -0.663. The van der Waals surface area contributed by atoms with Crippen molar-refractivity contribution in [2.75, 3.05) is 17.3 Å².